The highest BCUT2D eigenvalue weighted by atomic mass is 16.2. The molecule has 0 bridgehead atoms. The zero-order chi connectivity index (χ0) is 13.5. The van der Waals surface area contributed by atoms with Crippen LogP contribution in [0.4, 0.5) is 0 Å². The Labute approximate surface area is 116 Å². The Hall–Kier alpha value is -1.35. The van der Waals surface area contributed by atoms with Crippen molar-refractivity contribution in [2.75, 3.05) is 20.1 Å². The maximum Gasteiger partial charge on any atom is 0.222 e. The summed E-state index contributed by atoms with van der Waals surface area (Å²) in [5.74, 6) is 0.294. The first-order valence-corrected chi connectivity index (χ1v) is 7.27. The molecule has 3 nitrogen and oxygen atoms in total. The monoisotopic (exact) mass is 260 g/mol. The number of nitrogens with one attached hydrogen (secondary N) is 1. The van der Waals surface area contributed by atoms with Crippen LogP contribution in [-0.2, 0) is 11.2 Å². The van der Waals surface area contributed by atoms with Gasteiger partial charge in [-0.1, -0.05) is 30.3 Å². The highest BCUT2D eigenvalue weighted by molar-refractivity contribution is 5.76. The van der Waals surface area contributed by atoms with Crippen molar-refractivity contribution in [1.82, 2.24) is 10.2 Å². The summed E-state index contributed by atoms with van der Waals surface area (Å²) in [5.41, 5.74) is 1.32. The molecule has 3 heteroatoms. The lowest BCUT2D eigenvalue weighted by Crippen LogP contribution is -2.43. The fourth-order valence-electron chi connectivity index (χ4n) is 2.66. The van der Waals surface area contributed by atoms with E-state index < -0.39 is 0 Å². The molecule has 1 fully saturated rings. The quantitative estimate of drug-likeness (QED) is 0.880. The maximum absolute atomic E-state index is 12.1. The summed E-state index contributed by atoms with van der Waals surface area (Å²) >= 11 is 0. The fraction of sp³-hybridized carbons (Fsp3) is 0.562. The summed E-state index contributed by atoms with van der Waals surface area (Å²) in [6.07, 6.45) is 4.77. The summed E-state index contributed by atoms with van der Waals surface area (Å²) in [4.78, 5) is 14.1. The average molecular weight is 260 g/mol. The number of amides is 1. The molecule has 0 radical (unpaired) electrons. The van der Waals surface area contributed by atoms with Crippen LogP contribution in [0.15, 0.2) is 30.3 Å². The fourth-order valence-corrected chi connectivity index (χ4v) is 2.66. The Bertz CT molecular complexity index is 385. The smallest absolute Gasteiger partial charge is 0.222 e. The first kappa shape index (κ1) is 14.1. The molecule has 19 heavy (non-hydrogen) atoms. The van der Waals surface area contributed by atoms with Crippen LogP contribution < -0.4 is 5.32 Å². The summed E-state index contributed by atoms with van der Waals surface area (Å²) in [5, 5.41) is 3.34. The molecule has 1 aromatic rings. The van der Waals surface area contributed by atoms with E-state index >= 15 is 0 Å². The summed E-state index contributed by atoms with van der Waals surface area (Å²) in [6, 6.07) is 10.8. The van der Waals surface area contributed by atoms with Crippen LogP contribution in [0.3, 0.4) is 0 Å². The van der Waals surface area contributed by atoms with Crippen LogP contribution in [0.25, 0.3) is 0 Å². The second kappa shape index (κ2) is 7.29. The second-order valence-electron chi connectivity index (χ2n) is 5.32. The zero-order valence-corrected chi connectivity index (χ0v) is 11.8. The van der Waals surface area contributed by atoms with E-state index in [1.54, 1.807) is 0 Å². The number of rotatable bonds is 5. The van der Waals surface area contributed by atoms with Crippen LogP contribution >= 0.6 is 0 Å². The van der Waals surface area contributed by atoms with E-state index in [1.165, 1.54) is 5.56 Å². The Morgan fingerprint density at radius 2 is 1.95 bits per heavy atom. The number of carbonyl (C=O) groups excluding carboxylic acids is 1. The number of hydrogen-bond acceptors (Lipinski definition) is 2. The number of aryl methyl sites for hydroxylation is 1. The minimum atomic E-state index is 0.294. The molecule has 0 saturated carbocycles. The van der Waals surface area contributed by atoms with Gasteiger partial charge in [0.05, 0.1) is 0 Å². The van der Waals surface area contributed by atoms with Crippen molar-refractivity contribution in [1.29, 1.82) is 0 Å². The van der Waals surface area contributed by atoms with Crippen LogP contribution in [0.2, 0.25) is 0 Å². The third kappa shape index (κ3) is 4.35. The van der Waals surface area contributed by atoms with Crippen molar-refractivity contribution < 1.29 is 4.79 Å². The Morgan fingerprint density at radius 1 is 1.26 bits per heavy atom. The molecule has 104 valence electrons. The van der Waals surface area contributed by atoms with Crippen molar-refractivity contribution in [2.24, 2.45) is 0 Å². The first-order chi connectivity index (χ1) is 9.27. The van der Waals surface area contributed by atoms with Gasteiger partial charge in [0.25, 0.3) is 0 Å². The van der Waals surface area contributed by atoms with Gasteiger partial charge in [-0.3, -0.25) is 4.79 Å². The Balaban J connectivity index is 1.71. The third-order valence-electron chi connectivity index (χ3n) is 3.95. The molecule has 1 aromatic carbocycles. The van der Waals surface area contributed by atoms with Crippen LogP contribution in [0.1, 0.15) is 31.2 Å². The van der Waals surface area contributed by atoms with Crippen LogP contribution in [0, 0.1) is 0 Å². The third-order valence-corrected chi connectivity index (χ3v) is 3.95. The first-order valence-electron chi connectivity index (χ1n) is 7.27. The number of hydrogen-bond donors (Lipinski definition) is 1. The lowest BCUT2D eigenvalue weighted by molar-refractivity contribution is -0.132. The molecule has 2 rings (SSSR count). The SMILES string of the molecule is CN(C(=O)CCCc1ccccc1)C1CCNCC1. The van der Waals surface area contributed by atoms with Gasteiger partial charge in [-0.25, -0.2) is 0 Å². The van der Waals surface area contributed by atoms with E-state index in [1.807, 2.05) is 18.0 Å². The standard InChI is InChI=1S/C16H24N2O/c1-18(15-10-12-17-13-11-15)16(19)9-5-8-14-6-3-2-4-7-14/h2-4,6-7,15,17H,5,8-13H2,1H3. The molecule has 1 N–H and O–H groups in total. The van der Waals surface area contributed by atoms with E-state index in [9.17, 15) is 4.79 Å². The van der Waals surface area contributed by atoms with Gasteiger partial charge >= 0.3 is 0 Å². The van der Waals surface area contributed by atoms with E-state index in [4.69, 9.17) is 0 Å². The Morgan fingerprint density at radius 3 is 2.63 bits per heavy atom. The molecular weight excluding hydrogens is 236 g/mol. The second-order valence-corrected chi connectivity index (χ2v) is 5.32. The normalized spacial score (nSPS) is 16.3. The molecule has 1 heterocycles. The number of carbonyl (C=O) groups is 1. The zero-order valence-electron chi connectivity index (χ0n) is 11.8. The number of benzene rings is 1. The lowest BCUT2D eigenvalue weighted by atomic mass is 10.0. The van der Waals surface area contributed by atoms with Gasteiger partial charge < -0.3 is 10.2 Å². The predicted octanol–water partition coefficient (Wildman–Crippen LogP) is 2.22. The largest absolute Gasteiger partial charge is 0.343 e. The average Bonchev–Trinajstić information content (AvgIpc) is 2.48. The number of piperidine rings is 1. The van der Waals surface area contributed by atoms with Crippen molar-refractivity contribution in [2.45, 2.75) is 38.1 Å². The van der Waals surface area contributed by atoms with E-state index in [2.05, 4.69) is 29.6 Å². The summed E-state index contributed by atoms with van der Waals surface area (Å²) < 4.78 is 0. The van der Waals surface area contributed by atoms with Crippen molar-refractivity contribution in [3.05, 3.63) is 35.9 Å². The van der Waals surface area contributed by atoms with Gasteiger partial charge in [0.15, 0.2) is 0 Å². The topological polar surface area (TPSA) is 32.3 Å². The minimum Gasteiger partial charge on any atom is -0.343 e. The highest BCUT2D eigenvalue weighted by Crippen LogP contribution is 2.12. The van der Waals surface area contributed by atoms with Gasteiger partial charge in [0.1, 0.15) is 0 Å². The molecule has 0 spiro atoms. The molecule has 1 aliphatic heterocycles. The highest BCUT2D eigenvalue weighted by Gasteiger charge is 2.21. The molecule has 1 aliphatic rings. The molecule has 0 aromatic heterocycles. The maximum atomic E-state index is 12.1. The van der Waals surface area contributed by atoms with Crippen molar-refractivity contribution >= 4 is 5.91 Å². The van der Waals surface area contributed by atoms with Gasteiger partial charge in [-0.05, 0) is 44.3 Å². The molecule has 1 saturated heterocycles. The molecule has 0 aliphatic carbocycles. The molecule has 0 atom stereocenters. The number of nitrogens with zero attached hydrogens (tertiary/aromatic N) is 1. The lowest BCUT2D eigenvalue weighted by Gasteiger charge is -2.31. The van der Waals surface area contributed by atoms with Crippen LogP contribution in [0.5, 0.6) is 0 Å². The molecule has 1 amide bonds. The van der Waals surface area contributed by atoms with E-state index in [-0.39, 0.29) is 0 Å². The summed E-state index contributed by atoms with van der Waals surface area (Å²) in [6.45, 7) is 2.07. The van der Waals surface area contributed by atoms with Gasteiger partial charge in [0, 0.05) is 19.5 Å². The molecular formula is C16H24N2O. The van der Waals surface area contributed by atoms with Gasteiger partial charge in [0.2, 0.25) is 5.91 Å². The predicted molar refractivity (Wildman–Crippen MR) is 78.0 cm³/mol. The van der Waals surface area contributed by atoms with Gasteiger partial charge in [-0.2, -0.15) is 0 Å². The summed E-state index contributed by atoms with van der Waals surface area (Å²) in [7, 11) is 1.96. The van der Waals surface area contributed by atoms with Crippen molar-refractivity contribution in [3.8, 4) is 0 Å². The molecule has 0 unspecified atom stereocenters. The Kier molecular flexibility index (Phi) is 5.40. The minimum absolute atomic E-state index is 0.294. The van der Waals surface area contributed by atoms with Crippen molar-refractivity contribution in [3.63, 3.8) is 0 Å². The van der Waals surface area contributed by atoms with Gasteiger partial charge in [-0.15, -0.1) is 0 Å². The van der Waals surface area contributed by atoms with E-state index in [0.29, 0.717) is 18.4 Å². The van der Waals surface area contributed by atoms with Crippen LogP contribution in [-0.4, -0.2) is 37.0 Å². The van der Waals surface area contributed by atoms with E-state index in [0.717, 1.165) is 38.8 Å².